The molecule has 0 atom stereocenters. The summed E-state index contributed by atoms with van der Waals surface area (Å²) in [6.07, 6.45) is 0. The average molecular weight is 348 g/mol. The van der Waals surface area contributed by atoms with Crippen LogP contribution in [0, 0.1) is 0 Å². The Kier molecular flexibility index (Phi) is 4.45. The third kappa shape index (κ3) is 3.28. The number of ether oxygens (including phenoxy) is 1. The molecule has 3 rings (SSSR count). The molecule has 2 aromatic carbocycles. The van der Waals surface area contributed by atoms with Crippen molar-refractivity contribution in [3.05, 3.63) is 63.4 Å². The first-order chi connectivity index (χ1) is 11.1. The molecule has 0 fully saturated rings. The van der Waals surface area contributed by atoms with Crippen molar-refractivity contribution in [2.45, 2.75) is 10.9 Å². The number of nitrogens with two attached hydrogens (primary N) is 1. The molecule has 0 bridgehead atoms. The smallest absolute Gasteiger partial charge is 0.280 e. The molecule has 7 heteroatoms. The van der Waals surface area contributed by atoms with E-state index in [1.54, 1.807) is 25.3 Å². The van der Waals surface area contributed by atoms with E-state index < -0.39 is 0 Å². The summed E-state index contributed by atoms with van der Waals surface area (Å²) in [5, 5.41) is 1.43. The minimum atomic E-state index is -0.288. The van der Waals surface area contributed by atoms with Crippen molar-refractivity contribution in [3.8, 4) is 5.75 Å². The Morgan fingerprint density at radius 2 is 2.00 bits per heavy atom. The highest BCUT2D eigenvalue weighted by molar-refractivity contribution is 7.98. The van der Waals surface area contributed by atoms with E-state index in [1.165, 1.54) is 11.8 Å². The van der Waals surface area contributed by atoms with Gasteiger partial charge < -0.3 is 10.6 Å². The van der Waals surface area contributed by atoms with Crippen molar-refractivity contribution in [2.75, 3.05) is 13.0 Å². The molecule has 1 aromatic heterocycles. The normalized spacial score (nSPS) is 10.9. The highest BCUT2D eigenvalue weighted by Crippen LogP contribution is 2.23. The van der Waals surface area contributed by atoms with Crippen LogP contribution >= 0.6 is 23.4 Å². The zero-order valence-electron chi connectivity index (χ0n) is 12.3. The van der Waals surface area contributed by atoms with Crippen molar-refractivity contribution < 1.29 is 4.74 Å². The van der Waals surface area contributed by atoms with Gasteiger partial charge in [-0.2, -0.15) is 0 Å². The summed E-state index contributed by atoms with van der Waals surface area (Å²) in [6, 6.07) is 12.6. The summed E-state index contributed by atoms with van der Waals surface area (Å²) in [6.45, 7) is 0. The maximum Gasteiger partial charge on any atom is 0.280 e. The second-order valence-corrected chi connectivity index (χ2v) is 6.25. The molecular formula is C16H14ClN3O2S. The van der Waals surface area contributed by atoms with Crippen LogP contribution in [0.1, 0.15) is 5.56 Å². The topological polar surface area (TPSA) is 70.1 Å². The SMILES string of the molecule is COc1ccc(CSc2nc3cc(Cl)ccc3c(=O)n2N)cc1. The number of thioether (sulfide) groups is 1. The molecule has 0 spiro atoms. The van der Waals surface area contributed by atoms with E-state index in [4.69, 9.17) is 22.2 Å². The predicted octanol–water partition coefficient (Wildman–Crippen LogP) is 3.06. The number of benzene rings is 2. The summed E-state index contributed by atoms with van der Waals surface area (Å²) in [4.78, 5) is 16.7. The van der Waals surface area contributed by atoms with E-state index >= 15 is 0 Å². The molecule has 0 radical (unpaired) electrons. The van der Waals surface area contributed by atoms with Gasteiger partial charge in [-0.1, -0.05) is 35.5 Å². The molecule has 5 nitrogen and oxygen atoms in total. The van der Waals surface area contributed by atoms with Gasteiger partial charge in [-0.15, -0.1) is 0 Å². The zero-order valence-corrected chi connectivity index (χ0v) is 13.9. The number of hydrogen-bond donors (Lipinski definition) is 1. The Bertz CT molecular complexity index is 910. The molecule has 0 aliphatic heterocycles. The number of methoxy groups -OCH3 is 1. The molecule has 0 saturated heterocycles. The van der Waals surface area contributed by atoms with Gasteiger partial charge in [-0.25, -0.2) is 9.66 Å². The van der Waals surface area contributed by atoms with Crippen molar-refractivity contribution in [1.82, 2.24) is 9.66 Å². The van der Waals surface area contributed by atoms with Gasteiger partial charge in [0.2, 0.25) is 0 Å². The number of nitrogen functional groups attached to an aromatic ring is 1. The van der Waals surface area contributed by atoms with Gasteiger partial charge >= 0.3 is 0 Å². The van der Waals surface area contributed by atoms with Crippen LogP contribution < -0.4 is 16.1 Å². The molecule has 1 heterocycles. The first kappa shape index (κ1) is 15.7. The van der Waals surface area contributed by atoms with Crippen LogP contribution in [0.15, 0.2) is 52.4 Å². The largest absolute Gasteiger partial charge is 0.497 e. The molecule has 118 valence electrons. The predicted molar refractivity (Wildman–Crippen MR) is 93.7 cm³/mol. The second-order valence-electron chi connectivity index (χ2n) is 4.87. The van der Waals surface area contributed by atoms with Crippen LogP contribution in [0.2, 0.25) is 5.02 Å². The minimum absolute atomic E-state index is 0.288. The van der Waals surface area contributed by atoms with Crippen LogP contribution in [-0.2, 0) is 5.75 Å². The van der Waals surface area contributed by atoms with Crippen molar-refractivity contribution in [2.24, 2.45) is 0 Å². The second kappa shape index (κ2) is 6.52. The van der Waals surface area contributed by atoms with Crippen LogP contribution in [0.25, 0.3) is 10.9 Å². The molecule has 0 aliphatic carbocycles. The third-order valence-corrected chi connectivity index (χ3v) is 4.62. The Hall–Kier alpha value is -2.18. The zero-order chi connectivity index (χ0) is 16.4. The lowest BCUT2D eigenvalue weighted by Crippen LogP contribution is -2.29. The molecule has 0 amide bonds. The van der Waals surface area contributed by atoms with Gasteiger partial charge in [0, 0.05) is 10.8 Å². The number of fused-ring (bicyclic) bond motifs is 1. The van der Waals surface area contributed by atoms with E-state index in [2.05, 4.69) is 4.98 Å². The molecular weight excluding hydrogens is 334 g/mol. The lowest BCUT2D eigenvalue weighted by atomic mass is 10.2. The fourth-order valence-electron chi connectivity index (χ4n) is 2.12. The Morgan fingerprint density at radius 1 is 1.26 bits per heavy atom. The summed E-state index contributed by atoms with van der Waals surface area (Å²) >= 11 is 7.36. The van der Waals surface area contributed by atoms with Crippen molar-refractivity contribution in [1.29, 1.82) is 0 Å². The van der Waals surface area contributed by atoms with Gasteiger partial charge in [0.1, 0.15) is 5.75 Å². The van der Waals surface area contributed by atoms with Crippen molar-refractivity contribution in [3.63, 3.8) is 0 Å². The summed E-state index contributed by atoms with van der Waals surface area (Å²) in [7, 11) is 1.63. The van der Waals surface area contributed by atoms with Crippen molar-refractivity contribution >= 4 is 34.3 Å². The summed E-state index contributed by atoms with van der Waals surface area (Å²) in [5.74, 6) is 7.30. The van der Waals surface area contributed by atoms with Gasteiger partial charge in [0.25, 0.3) is 5.56 Å². The van der Waals surface area contributed by atoms with Gasteiger partial charge in [0.15, 0.2) is 5.16 Å². The number of nitrogens with zero attached hydrogens (tertiary/aromatic N) is 2. The van der Waals surface area contributed by atoms with Crippen LogP contribution in [0.4, 0.5) is 0 Å². The first-order valence-electron chi connectivity index (χ1n) is 6.81. The molecule has 3 aromatic rings. The number of aromatic nitrogens is 2. The standard InChI is InChI=1S/C16H14ClN3O2S/c1-22-12-5-2-10(3-6-12)9-23-16-19-14-8-11(17)4-7-13(14)15(21)20(16)18/h2-8H,9,18H2,1H3. The molecule has 23 heavy (non-hydrogen) atoms. The Balaban J connectivity index is 1.90. The highest BCUT2D eigenvalue weighted by Gasteiger charge is 2.10. The first-order valence-corrected chi connectivity index (χ1v) is 8.18. The van der Waals surface area contributed by atoms with Gasteiger partial charge in [0.05, 0.1) is 18.0 Å². The van der Waals surface area contributed by atoms with E-state index in [-0.39, 0.29) is 5.56 Å². The van der Waals surface area contributed by atoms with E-state index in [0.29, 0.717) is 26.8 Å². The van der Waals surface area contributed by atoms with Gasteiger partial charge in [-0.3, -0.25) is 4.79 Å². The Labute approximate surface area is 142 Å². The summed E-state index contributed by atoms with van der Waals surface area (Å²) in [5.41, 5.74) is 1.33. The molecule has 2 N–H and O–H groups in total. The third-order valence-electron chi connectivity index (χ3n) is 3.36. The van der Waals surface area contributed by atoms with E-state index in [0.717, 1.165) is 16.0 Å². The van der Waals surface area contributed by atoms with Crippen LogP contribution in [0.5, 0.6) is 5.75 Å². The Morgan fingerprint density at radius 3 is 2.70 bits per heavy atom. The van der Waals surface area contributed by atoms with Crippen LogP contribution in [0.3, 0.4) is 0 Å². The fraction of sp³-hybridized carbons (Fsp3) is 0.125. The lowest BCUT2D eigenvalue weighted by Gasteiger charge is -2.09. The van der Waals surface area contributed by atoms with Crippen LogP contribution in [-0.4, -0.2) is 16.8 Å². The average Bonchev–Trinajstić information content (AvgIpc) is 2.57. The van der Waals surface area contributed by atoms with E-state index in [9.17, 15) is 4.79 Å². The number of hydrogen-bond acceptors (Lipinski definition) is 5. The number of halogens is 1. The molecule has 0 unspecified atom stereocenters. The fourth-order valence-corrected chi connectivity index (χ4v) is 3.16. The number of rotatable bonds is 4. The highest BCUT2D eigenvalue weighted by atomic mass is 35.5. The van der Waals surface area contributed by atoms with E-state index in [1.807, 2.05) is 24.3 Å². The summed E-state index contributed by atoms with van der Waals surface area (Å²) < 4.78 is 6.20. The maximum absolute atomic E-state index is 12.3. The molecule has 0 aliphatic rings. The lowest BCUT2D eigenvalue weighted by molar-refractivity contribution is 0.414. The molecule has 0 saturated carbocycles. The monoisotopic (exact) mass is 347 g/mol. The van der Waals surface area contributed by atoms with Gasteiger partial charge in [-0.05, 0) is 35.9 Å². The quantitative estimate of drug-likeness (QED) is 0.446. The maximum atomic E-state index is 12.3. The minimum Gasteiger partial charge on any atom is -0.497 e.